The minimum atomic E-state index is -3.36. The number of piperazine rings is 1. The van der Waals surface area contributed by atoms with Gasteiger partial charge in [0.05, 0.1) is 0 Å². The molecule has 0 aromatic heterocycles. The first-order valence-electron chi connectivity index (χ1n) is 10.4. The van der Waals surface area contributed by atoms with Crippen molar-refractivity contribution in [2.45, 2.75) is 37.8 Å². The summed E-state index contributed by atoms with van der Waals surface area (Å²) in [6, 6.07) is 9.27. The van der Waals surface area contributed by atoms with E-state index in [2.05, 4.69) is 34.5 Å². The molecule has 0 radical (unpaired) electrons. The van der Waals surface area contributed by atoms with E-state index in [4.69, 9.17) is 0 Å². The van der Waals surface area contributed by atoms with Gasteiger partial charge in [0.1, 0.15) is 0 Å². The number of nitrogens with one attached hydrogen (secondary N) is 1. The van der Waals surface area contributed by atoms with Crippen LogP contribution < -0.4 is 5.32 Å². The molecule has 4 aliphatic rings. The molecule has 0 amide bonds. The second kappa shape index (κ2) is 7.12. The minimum Gasteiger partial charge on any atom is -0.314 e. The Morgan fingerprint density at radius 3 is 2.70 bits per heavy atom. The lowest BCUT2D eigenvalue weighted by Crippen LogP contribution is -2.61. The molecule has 0 unspecified atom stereocenters. The average molecular weight is 391 g/mol. The molecule has 3 saturated heterocycles. The fourth-order valence-electron chi connectivity index (χ4n) is 5.66. The Hall–Kier alpha value is -0.990. The van der Waals surface area contributed by atoms with E-state index in [9.17, 15) is 8.42 Å². The number of fused-ring (bicyclic) bond motifs is 4. The first-order chi connectivity index (χ1) is 13.1. The maximum absolute atomic E-state index is 13.4. The Kier molecular flexibility index (Phi) is 4.76. The van der Waals surface area contributed by atoms with Crippen molar-refractivity contribution in [3.8, 4) is 0 Å². The summed E-state index contributed by atoms with van der Waals surface area (Å²) in [5.74, 6) is 0.470. The van der Waals surface area contributed by atoms with Crippen molar-refractivity contribution in [1.82, 2.24) is 18.8 Å². The molecule has 0 spiro atoms. The van der Waals surface area contributed by atoms with Crippen LogP contribution in [0.5, 0.6) is 0 Å². The first kappa shape index (κ1) is 18.1. The van der Waals surface area contributed by atoms with Gasteiger partial charge in [-0.3, -0.25) is 4.90 Å². The quantitative estimate of drug-likeness (QED) is 0.825. The Bertz CT molecular complexity index is 793. The number of piperidine rings is 2. The largest absolute Gasteiger partial charge is 0.314 e. The van der Waals surface area contributed by atoms with Gasteiger partial charge in [-0.25, -0.2) is 0 Å². The van der Waals surface area contributed by atoms with Crippen LogP contribution in [0.3, 0.4) is 0 Å². The Labute approximate surface area is 162 Å². The highest BCUT2D eigenvalue weighted by molar-refractivity contribution is 7.86. The lowest BCUT2D eigenvalue weighted by molar-refractivity contribution is 0.0196. The molecule has 0 saturated carbocycles. The van der Waals surface area contributed by atoms with E-state index in [-0.39, 0.29) is 6.04 Å². The molecular formula is C20H30N4O2S. The zero-order chi connectivity index (χ0) is 18.4. The van der Waals surface area contributed by atoms with E-state index in [1.807, 2.05) is 4.31 Å². The van der Waals surface area contributed by atoms with Crippen LogP contribution in [0.15, 0.2) is 24.3 Å². The second-order valence-corrected chi connectivity index (χ2v) is 10.3. The van der Waals surface area contributed by atoms with Crippen molar-refractivity contribution in [2.24, 2.45) is 5.92 Å². The van der Waals surface area contributed by atoms with Gasteiger partial charge in [-0.2, -0.15) is 17.0 Å². The van der Waals surface area contributed by atoms with Crippen molar-refractivity contribution in [3.05, 3.63) is 35.4 Å². The van der Waals surface area contributed by atoms with Gasteiger partial charge in [0.2, 0.25) is 0 Å². The summed E-state index contributed by atoms with van der Waals surface area (Å²) in [5, 5.41) is 3.26. The van der Waals surface area contributed by atoms with Gasteiger partial charge in [-0.15, -0.1) is 0 Å². The van der Waals surface area contributed by atoms with E-state index >= 15 is 0 Å². The summed E-state index contributed by atoms with van der Waals surface area (Å²) in [6.07, 6.45) is 4.20. The normalized spacial score (nSPS) is 33.1. The van der Waals surface area contributed by atoms with Crippen molar-refractivity contribution < 1.29 is 8.42 Å². The van der Waals surface area contributed by atoms with Crippen LogP contribution in [-0.2, 0) is 16.6 Å². The van der Waals surface area contributed by atoms with Gasteiger partial charge in [0.25, 0.3) is 10.2 Å². The van der Waals surface area contributed by atoms with Crippen LogP contribution in [0, 0.1) is 5.92 Å². The standard InChI is InChI=1S/C20H30N4O2S/c25-27(26,23-12-8-21-9-13-23)24-10-3-5-17-15-22-11-7-16-4-1-2-6-18(16)20(22)14-19(17)24/h1-2,4,6,17,19-21H,3,5,7-15H2/t17-,19+,20+/m1/s1. The molecule has 148 valence electrons. The van der Waals surface area contributed by atoms with Gasteiger partial charge in [-0.1, -0.05) is 24.3 Å². The molecule has 4 heterocycles. The third kappa shape index (κ3) is 3.13. The molecule has 1 aromatic carbocycles. The summed E-state index contributed by atoms with van der Waals surface area (Å²) in [5.41, 5.74) is 2.87. The van der Waals surface area contributed by atoms with Crippen LogP contribution in [0.25, 0.3) is 0 Å². The predicted molar refractivity (Wildman–Crippen MR) is 106 cm³/mol. The Balaban J connectivity index is 1.44. The highest BCUT2D eigenvalue weighted by Crippen LogP contribution is 2.43. The number of hydrogen-bond acceptors (Lipinski definition) is 4. The molecule has 6 nitrogen and oxygen atoms in total. The molecule has 0 bridgehead atoms. The zero-order valence-corrected chi connectivity index (χ0v) is 16.7. The van der Waals surface area contributed by atoms with Gasteiger partial charge in [0.15, 0.2) is 0 Å². The molecule has 4 aliphatic heterocycles. The molecule has 5 rings (SSSR count). The van der Waals surface area contributed by atoms with Crippen LogP contribution in [-0.4, -0.2) is 73.8 Å². The highest BCUT2D eigenvalue weighted by Gasteiger charge is 2.47. The van der Waals surface area contributed by atoms with Crippen LogP contribution in [0.2, 0.25) is 0 Å². The summed E-state index contributed by atoms with van der Waals surface area (Å²) in [6.45, 7) is 5.52. The third-order valence-corrected chi connectivity index (χ3v) is 9.09. The van der Waals surface area contributed by atoms with E-state index in [1.54, 1.807) is 4.31 Å². The Morgan fingerprint density at radius 1 is 1.04 bits per heavy atom. The molecule has 1 aromatic rings. The zero-order valence-electron chi connectivity index (χ0n) is 15.9. The molecule has 3 fully saturated rings. The van der Waals surface area contributed by atoms with E-state index in [0.717, 1.165) is 51.9 Å². The summed E-state index contributed by atoms with van der Waals surface area (Å²) in [4.78, 5) is 2.62. The molecule has 0 aliphatic carbocycles. The number of nitrogens with zero attached hydrogens (tertiary/aromatic N) is 3. The maximum Gasteiger partial charge on any atom is 0.282 e. The molecule has 27 heavy (non-hydrogen) atoms. The lowest BCUT2D eigenvalue weighted by Gasteiger charge is -2.52. The molecular weight excluding hydrogens is 360 g/mol. The van der Waals surface area contributed by atoms with E-state index in [0.29, 0.717) is 31.6 Å². The lowest BCUT2D eigenvalue weighted by atomic mass is 9.77. The average Bonchev–Trinajstić information content (AvgIpc) is 2.72. The van der Waals surface area contributed by atoms with Crippen molar-refractivity contribution >= 4 is 10.2 Å². The van der Waals surface area contributed by atoms with Gasteiger partial charge in [-0.05, 0) is 42.7 Å². The van der Waals surface area contributed by atoms with Crippen molar-refractivity contribution in [1.29, 1.82) is 0 Å². The fraction of sp³-hybridized carbons (Fsp3) is 0.700. The van der Waals surface area contributed by atoms with Crippen molar-refractivity contribution in [2.75, 3.05) is 45.8 Å². The topological polar surface area (TPSA) is 55.9 Å². The monoisotopic (exact) mass is 390 g/mol. The third-order valence-electron chi connectivity index (χ3n) is 7.02. The predicted octanol–water partition coefficient (Wildman–Crippen LogP) is 1.22. The van der Waals surface area contributed by atoms with Gasteiger partial charge in [0, 0.05) is 57.9 Å². The molecule has 3 atom stereocenters. The number of rotatable bonds is 2. The molecule has 1 N–H and O–H groups in total. The first-order valence-corrected chi connectivity index (χ1v) is 11.8. The van der Waals surface area contributed by atoms with E-state index < -0.39 is 10.2 Å². The Morgan fingerprint density at radius 2 is 1.85 bits per heavy atom. The van der Waals surface area contributed by atoms with Crippen LogP contribution >= 0.6 is 0 Å². The second-order valence-electron chi connectivity index (χ2n) is 8.43. The highest BCUT2D eigenvalue weighted by atomic mass is 32.2. The van der Waals surface area contributed by atoms with E-state index in [1.165, 1.54) is 11.1 Å². The summed E-state index contributed by atoms with van der Waals surface area (Å²) >= 11 is 0. The SMILES string of the molecule is O=S(=O)(N1CCNCC1)N1CCC[C@@H]2CN3CCc4ccccc4[C@@H]3C[C@@H]21. The van der Waals surface area contributed by atoms with Crippen molar-refractivity contribution in [3.63, 3.8) is 0 Å². The number of hydrogen-bond donors (Lipinski definition) is 1. The number of benzene rings is 1. The van der Waals surface area contributed by atoms with Crippen LogP contribution in [0.4, 0.5) is 0 Å². The fourth-order valence-corrected chi connectivity index (χ4v) is 7.56. The van der Waals surface area contributed by atoms with Gasteiger partial charge < -0.3 is 5.32 Å². The van der Waals surface area contributed by atoms with Crippen LogP contribution in [0.1, 0.15) is 36.4 Å². The summed E-state index contributed by atoms with van der Waals surface area (Å²) < 4.78 is 30.4. The minimum absolute atomic E-state index is 0.144. The molecule has 7 heteroatoms. The smallest absolute Gasteiger partial charge is 0.282 e. The van der Waals surface area contributed by atoms with Gasteiger partial charge >= 0.3 is 0 Å². The summed E-state index contributed by atoms with van der Waals surface area (Å²) in [7, 11) is -3.36. The maximum atomic E-state index is 13.4.